The van der Waals surface area contributed by atoms with Crippen molar-refractivity contribution in [3.05, 3.63) is 5.01 Å². The maximum Gasteiger partial charge on any atom is 0.205 e. The van der Waals surface area contributed by atoms with Gasteiger partial charge < -0.3 is 15.2 Å². The van der Waals surface area contributed by atoms with Crippen molar-refractivity contribution in [2.45, 2.75) is 18.9 Å². The van der Waals surface area contributed by atoms with Gasteiger partial charge in [-0.25, -0.2) is 0 Å². The van der Waals surface area contributed by atoms with Crippen molar-refractivity contribution in [2.24, 2.45) is 0 Å². The van der Waals surface area contributed by atoms with Crippen molar-refractivity contribution in [1.82, 2.24) is 10.2 Å². The SMILES string of the molecule is Cc1nnc(NCC2(O)CCOC2)s1. The van der Waals surface area contributed by atoms with Gasteiger partial charge in [0.1, 0.15) is 10.6 Å². The van der Waals surface area contributed by atoms with E-state index in [4.69, 9.17) is 4.74 Å². The van der Waals surface area contributed by atoms with Gasteiger partial charge in [-0.05, 0) is 6.92 Å². The van der Waals surface area contributed by atoms with Crippen molar-refractivity contribution < 1.29 is 9.84 Å². The molecular weight excluding hydrogens is 202 g/mol. The van der Waals surface area contributed by atoms with E-state index in [1.54, 1.807) is 0 Å². The molecule has 0 amide bonds. The molecule has 0 saturated carbocycles. The molecule has 0 radical (unpaired) electrons. The van der Waals surface area contributed by atoms with Gasteiger partial charge >= 0.3 is 0 Å². The molecule has 14 heavy (non-hydrogen) atoms. The molecule has 0 spiro atoms. The number of nitrogens with one attached hydrogen (secondary N) is 1. The van der Waals surface area contributed by atoms with Gasteiger partial charge in [0.2, 0.25) is 5.13 Å². The summed E-state index contributed by atoms with van der Waals surface area (Å²) in [6, 6.07) is 0. The Morgan fingerprint density at radius 1 is 1.64 bits per heavy atom. The molecule has 1 aliphatic heterocycles. The minimum absolute atomic E-state index is 0.401. The Morgan fingerprint density at radius 3 is 3.07 bits per heavy atom. The Hall–Kier alpha value is -0.720. The predicted octanol–water partition coefficient (Wildman–Crippen LogP) is 0.410. The minimum Gasteiger partial charge on any atom is -0.386 e. The predicted molar refractivity (Wildman–Crippen MR) is 53.5 cm³/mol. The van der Waals surface area contributed by atoms with Crippen LogP contribution in [0.5, 0.6) is 0 Å². The van der Waals surface area contributed by atoms with E-state index in [1.165, 1.54) is 11.3 Å². The molecule has 0 aliphatic carbocycles. The first-order valence-electron chi connectivity index (χ1n) is 4.52. The highest BCUT2D eigenvalue weighted by Gasteiger charge is 2.32. The van der Waals surface area contributed by atoms with Crippen LogP contribution in [0.25, 0.3) is 0 Å². The Balaban J connectivity index is 1.87. The van der Waals surface area contributed by atoms with E-state index in [-0.39, 0.29) is 0 Å². The summed E-state index contributed by atoms with van der Waals surface area (Å²) in [5, 5.41) is 22.5. The van der Waals surface area contributed by atoms with Crippen molar-refractivity contribution >= 4 is 16.5 Å². The van der Waals surface area contributed by atoms with E-state index in [0.717, 1.165) is 10.1 Å². The average Bonchev–Trinajstić information content (AvgIpc) is 2.73. The maximum absolute atomic E-state index is 9.93. The Morgan fingerprint density at radius 2 is 2.50 bits per heavy atom. The van der Waals surface area contributed by atoms with E-state index in [0.29, 0.717) is 26.2 Å². The highest BCUT2D eigenvalue weighted by Crippen LogP contribution is 2.20. The lowest BCUT2D eigenvalue weighted by Gasteiger charge is -2.19. The summed E-state index contributed by atoms with van der Waals surface area (Å²) in [7, 11) is 0. The van der Waals surface area contributed by atoms with Crippen LogP contribution in [0.15, 0.2) is 0 Å². The van der Waals surface area contributed by atoms with Gasteiger partial charge in [-0.3, -0.25) is 0 Å². The zero-order valence-corrected chi connectivity index (χ0v) is 8.80. The summed E-state index contributed by atoms with van der Waals surface area (Å²) in [6.45, 7) is 3.41. The molecule has 1 atom stereocenters. The van der Waals surface area contributed by atoms with Crippen LogP contribution in [-0.2, 0) is 4.74 Å². The zero-order chi connectivity index (χ0) is 10.0. The van der Waals surface area contributed by atoms with Crippen LogP contribution in [0.3, 0.4) is 0 Å². The number of aromatic nitrogens is 2. The molecule has 0 aromatic carbocycles. The molecule has 0 bridgehead atoms. The number of aliphatic hydroxyl groups is 1. The second-order valence-corrected chi connectivity index (χ2v) is 4.69. The van der Waals surface area contributed by atoms with E-state index in [9.17, 15) is 5.11 Å². The Bertz CT molecular complexity index is 309. The first-order valence-corrected chi connectivity index (χ1v) is 5.34. The number of hydrogen-bond donors (Lipinski definition) is 2. The minimum atomic E-state index is -0.737. The van der Waals surface area contributed by atoms with Gasteiger partial charge in [0, 0.05) is 19.6 Å². The van der Waals surface area contributed by atoms with Crippen LogP contribution in [0.1, 0.15) is 11.4 Å². The van der Waals surface area contributed by atoms with Gasteiger partial charge in [0.15, 0.2) is 0 Å². The van der Waals surface area contributed by atoms with Gasteiger partial charge in [0.25, 0.3) is 0 Å². The van der Waals surface area contributed by atoms with Crippen molar-refractivity contribution in [2.75, 3.05) is 25.1 Å². The number of anilines is 1. The first kappa shape index (κ1) is 9.82. The standard InChI is InChI=1S/C8H13N3O2S/c1-6-10-11-7(14-6)9-4-8(12)2-3-13-5-8/h12H,2-5H2,1H3,(H,9,11). The fraction of sp³-hybridized carbons (Fsp3) is 0.750. The Kier molecular flexibility index (Phi) is 2.66. The third kappa shape index (κ3) is 2.20. The van der Waals surface area contributed by atoms with Gasteiger partial charge in [0.05, 0.1) is 6.61 Å². The van der Waals surface area contributed by atoms with E-state index < -0.39 is 5.60 Å². The van der Waals surface area contributed by atoms with Crippen LogP contribution in [0.4, 0.5) is 5.13 Å². The molecule has 5 nitrogen and oxygen atoms in total. The van der Waals surface area contributed by atoms with Crippen molar-refractivity contribution in [1.29, 1.82) is 0 Å². The molecule has 2 heterocycles. The molecular formula is C8H13N3O2S. The van der Waals surface area contributed by atoms with Crippen LogP contribution in [0, 0.1) is 6.92 Å². The van der Waals surface area contributed by atoms with Gasteiger partial charge in [-0.2, -0.15) is 0 Å². The average molecular weight is 215 g/mol. The molecule has 1 aromatic rings. The molecule has 78 valence electrons. The highest BCUT2D eigenvalue weighted by atomic mass is 32.1. The quantitative estimate of drug-likeness (QED) is 0.764. The lowest BCUT2D eigenvalue weighted by molar-refractivity contribution is 0.0382. The van der Waals surface area contributed by atoms with Crippen molar-refractivity contribution in [3.8, 4) is 0 Å². The highest BCUT2D eigenvalue weighted by molar-refractivity contribution is 7.15. The molecule has 2 N–H and O–H groups in total. The molecule has 2 rings (SSSR count). The van der Waals surface area contributed by atoms with E-state index in [1.807, 2.05) is 6.92 Å². The van der Waals surface area contributed by atoms with Crippen LogP contribution in [-0.4, -0.2) is 40.7 Å². The molecule has 1 aliphatic rings. The lowest BCUT2D eigenvalue weighted by Crippen LogP contribution is -2.37. The maximum atomic E-state index is 9.93. The number of hydrogen-bond acceptors (Lipinski definition) is 6. The van der Waals surface area contributed by atoms with Crippen molar-refractivity contribution in [3.63, 3.8) is 0 Å². The third-order valence-corrected chi connectivity index (χ3v) is 2.97. The number of ether oxygens (including phenoxy) is 1. The third-order valence-electron chi connectivity index (χ3n) is 2.18. The summed E-state index contributed by atoms with van der Waals surface area (Å²) in [6.07, 6.45) is 0.678. The van der Waals surface area contributed by atoms with Gasteiger partial charge in [-0.1, -0.05) is 11.3 Å². The smallest absolute Gasteiger partial charge is 0.205 e. The summed E-state index contributed by atoms with van der Waals surface area (Å²) >= 11 is 1.48. The second kappa shape index (κ2) is 3.80. The number of rotatable bonds is 3. The summed E-state index contributed by atoms with van der Waals surface area (Å²) in [4.78, 5) is 0. The first-order chi connectivity index (χ1) is 6.68. The summed E-state index contributed by atoms with van der Waals surface area (Å²) in [5.74, 6) is 0. The normalized spacial score (nSPS) is 26.7. The van der Waals surface area contributed by atoms with Crippen LogP contribution < -0.4 is 5.32 Å². The largest absolute Gasteiger partial charge is 0.386 e. The molecule has 1 fully saturated rings. The fourth-order valence-corrected chi connectivity index (χ4v) is 1.93. The topological polar surface area (TPSA) is 67.3 Å². The molecule has 1 saturated heterocycles. The van der Waals surface area contributed by atoms with E-state index >= 15 is 0 Å². The molecule has 6 heteroatoms. The lowest BCUT2D eigenvalue weighted by atomic mass is 10.0. The fourth-order valence-electron chi connectivity index (χ4n) is 1.34. The number of nitrogens with zero attached hydrogens (tertiary/aromatic N) is 2. The summed E-state index contributed by atoms with van der Waals surface area (Å²) in [5.41, 5.74) is -0.737. The molecule has 1 aromatic heterocycles. The monoisotopic (exact) mass is 215 g/mol. The second-order valence-electron chi connectivity index (χ2n) is 3.51. The Labute approximate surface area is 86.1 Å². The van der Waals surface area contributed by atoms with Crippen LogP contribution in [0.2, 0.25) is 0 Å². The van der Waals surface area contributed by atoms with E-state index in [2.05, 4.69) is 15.5 Å². The molecule has 1 unspecified atom stereocenters. The summed E-state index contributed by atoms with van der Waals surface area (Å²) < 4.78 is 5.13. The zero-order valence-electron chi connectivity index (χ0n) is 7.99. The van der Waals surface area contributed by atoms with Gasteiger partial charge in [-0.15, -0.1) is 10.2 Å². The number of aryl methyl sites for hydroxylation is 1. The van der Waals surface area contributed by atoms with Crippen LogP contribution >= 0.6 is 11.3 Å².